The molecular formula is C51H90O19P2. The van der Waals surface area contributed by atoms with Gasteiger partial charge in [0.1, 0.15) is 36.8 Å². The third kappa shape index (κ3) is 28.6. The van der Waals surface area contributed by atoms with Crippen molar-refractivity contribution in [3.05, 3.63) is 36.5 Å². The molecule has 1 saturated heterocycles. The summed E-state index contributed by atoms with van der Waals surface area (Å²) in [4.78, 5) is 70.7. The molecule has 0 aromatic heterocycles. The van der Waals surface area contributed by atoms with Crippen LogP contribution >= 0.6 is 15.6 Å². The van der Waals surface area contributed by atoms with Gasteiger partial charge < -0.3 is 54.8 Å². The number of aliphatic hydroxyl groups excluding tert-OH is 6. The van der Waals surface area contributed by atoms with Crippen molar-refractivity contribution < 1.29 is 91.9 Å². The van der Waals surface area contributed by atoms with Gasteiger partial charge in [0.25, 0.3) is 0 Å². The maximum absolute atomic E-state index is 13.8. The molecule has 0 aromatic carbocycles. The molecule has 418 valence electrons. The molecule has 12 atom stereocenters. The maximum atomic E-state index is 13.8. The molecule has 1 unspecified atom stereocenters. The minimum atomic E-state index is -5.78. The smallest absolute Gasteiger partial charge is 0.462 e. The summed E-state index contributed by atoms with van der Waals surface area (Å²) >= 11 is 0. The van der Waals surface area contributed by atoms with E-state index in [9.17, 15) is 68.8 Å². The molecule has 0 radical (unpaired) electrons. The van der Waals surface area contributed by atoms with Gasteiger partial charge in [-0.05, 0) is 57.8 Å². The Morgan fingerprint density at radius 1 is 0.764 bits per heavy atom. The summed E-state index contributed by atoms with van der Waals surface area (Å²) in [6.07, 6.45) is 10.2. The Bertz CT molecular complexity index is 1690. The predicted octanol–water partition coefficient (Wildman–Crippen LogP) is 7.66. The first-order valence-electron chi connectivity index (χ1n) is 26.6. The summed E-state index contributed by atoms with van der Waals surface area (Å²) in [5.41, 5.74) is 0. The van der Waals surface area contributed by atoms with Crippen molar-refractivity contribution in [2.75, 3.05) is 13.2 Å². The Hall–Kier alpha value is -2.19. The van der Waals surface area contributed by atoms with E-state index in [1.54, 1.807) is 0 Å². The van der Waals surface area contributed by atoms with Crippen molar-refractivity contribution in [1.29, 1.82) is 0 Å². The molecular weight excluding hydrogens is 978 g/mol. The van der Waals surface area contributed by atoms with E-state index in [2.05, 4.69) is 31.2 Å². The number of fused-ring (bicyclic) bond motifs is 4. The molecule has 21 heteroatoms. The van der Waals surface area contributed by atoms with Crippen LogP contribution in [-0.4, -0.2) is 131 Å². The number of aliphatic hydroxyl groups is 6. The number of rotatable bonds is 27. The van der Waals surface area contributed by atoms with Gasteiger partial charge in [0.05, 0.1) is 31.0 Å². The highest BCUT2D eigenvalue weighted by atomic mass is 31.2. The first-order valence-corrected chi connectivity index (χ1v) is 29.7. The van der Waals surface area contributed by atoms with Crippen molar-refractivity contribution in [2.45, 2.75) is 242 Å². The van der Waals surface area contributed by atoms with Crippen LogP contribution in [0.15, 0.2) is 36.5 Å². The van der Waals surface area contributed by atoms with Gasteiger partial charge in [-0.3, -0.25) is 28.0 Å². The van der Waals surface area contributed by atoms with E-state index < -0.39 is 120 Å². The second-order valence-electron chi connectivity index (χ2n) is 19.4. The number of hydrogen-bond acceptors (Lipinski definition) is 16. The molecule has 1 aliphatic heterocycles. The van der Waals surface area contributed by atoms with Crippen LogP contribution in [0.25, 0.3) is 0 Å². The number of hydrogen-bond donors (Lipinski definition) is 9. The molecule has 2 aliphatic rings. The minimum absolute atomic E-state index is 0.0333. The molecule has 9 N–H and O–H groups in total. The van der Waals surface area contributed by atoms with Crippen LogP contribution in [-0.2, 0) is 46.6 Å². The number of Topliss-reactive ketones (excluding diaryl/α,β-unsaturated/α-hetero) is 1. The van der Waals surface area contributed by atoms with E-state index in [1.165, 1.54) is 31.8 Å². The molecule has 0 amide bonds. The summed E-state index contributed by atoms with van der Waals surface area (Å²) in [7, 11) is -11.5. The predicted molar refractivity (Wildman–Crippen MR) is 270 cm³/mol. The molecule has 2 fully saturated rings. The molecule has 2 rings (SSSR count). The first-order chi connectivity index (χ1) is 34.3. The summed E-state index contributed by atoms with van der Waals surface area (Å²) < 4.78 is 52.4. The lowest BCUT2D eigenvalue weighted by molar-refractivity contribution is -0.165. The van der Waals surface area contributed by atoms with Gasteiger partial charge in [0, 0.05) is 31.1 Å². The normalized spacial score (nSPS) is 29.8. The van der Waals surface area contributed by atoms with Crippen LogP contribution in [0.4, 0.5) is 0 Å². The quantitative estimate of drug-likeness (QED) is 0.0165. The molecule has 2 bridgehead atoms. The van der Waals surface area contributed by atoms with Crippen molar-refractivity contribution in [2.24, 2.45) is 11.8 Å². The third-order valence-electron chi connectivity index (χ3n) is 13.1. The van der Waals surface area contributed by atoms with E-state index in [4.69, 9.17) is 23.0 Å². The number of esters is 2. The fraction of sp³-hybridized carbons (Fsp3) is 0.824. The number of carbonyl (C=O) groups is 3. The Kier molecular flexibility index (Phi) is 34.4. The van der Waals surface area contributed by atoms with E-state index in [-0.39, 0.29) is 32.1 Å². The van der Waals surface area contributed by atoms with Crippen molar-refractivity contribution in [3.63, 3.8) is 0 Å². The van der Waals surface area contributed by atoms with Gasteiger partial charge in [-0.1, -0.05) is 147 Å². The number of allylic oxidation sites excluding steroid dienone is 4. The average molecular weight is 1070 g/mol. The highest BCUT2D eigenvalue weighted by Gasteiger charge is 2.51. The summed E-state index contributed by atoms with van der Waals surface area (Å²) in [6.45, 7) is 2.57. The monoisotopic (exact) mass is 1070 g/mol. The van der Waals surface area contributed by atoms with Crippen LogP contribution in [0.1, 0.15) is 187 Å². The van der Waals surface area contributed by atoms with E-state index in [0.717, 1.165) is 83.1 Å². The summed E-state index contributed by atoms with van der Waals surface area (Å²) in [5.74, 6) is -5.49. The maximum Gasteiger partial charge on any atom is 0.472 e. The Morgan fingerprint density at radius 2 is 1.36 bits per heavy atom. The van der Waals surface area contributed by atoms with Gasteiger partial charge >= 0.3 is 27.6 Å². The number of phosphoric ester groups is 2. The zero-order chi connectivity index (χ0) is 53.4. The number of carbonyl (C=O) groups excluding carboxylic acids is 3. The fourth-order valence-corrected chi connectivity index (χ4v) is 10.4. The van der Waals surface area contributed by atoms with Gasteiger partial charge in [-0.2, -0.15) is 0 Å². The minimum Gasteiger partial charge on any atom is -0.462 e. The number of cyclic esters (lactones) is 1. The molecule has 19 nitrogen and oxygen atoms in total. The topological polar surface area (TPSA) is 314 Å². The molecule has 72 heavy (non-hydrogen) atoms. The van der Waals surface area contributed by atoms with Crippen molar-refractivity contribution in [3.8, 4) is 0 Å². The zero-order valence-electron chi connectivity index (χ0n) is 42.8. The molecule has 1 aliphatic carbocycles. The Balaban J connectivity index is 2.22. The Morgan fingerprint density at radius 3 is 2.00 bits per heavy atom. The van der Waals surface area contributed by atoms with Gasteiger partial charge in [-0.15, -0.1) is 0 Å². The highest BCUT2D eigenvalue weighted by Crippen LogP contribution is 2.49. The largest absolute Gasteiger partial charge is 0.472 e. The number of ketones is 1. The Labute approximate surface area is 427 Å². The average Bonchev–Trinajstić information content (AvgIpc) is 3.32. The SMILES string of the molecule is CCCCC/C=C\C/C=C\CCCCCCCCCCCC(=O)O[C@@H]1COC(=O)CCCCCC[C@H]2C(=O)C[C@@H](O)[C@H](/C=C/[C@@H](O)CCCCC)[C@@H](O)[C@@H](OP(=O)(O)O)[C@@H](OP(=O)(O)OC1)[C@H](O)[C@@H](O)[C@@H]2O. The lowest BCUT2D eigenvalue weighted by atomic mass is 9.83. The van der Waals surface area contributed by atoms with Gasteiger partial charge in [0.2, 0.25) is 0 Å². The van der Waals surface area contributed by atoms with Crippen molar-refractivity contribution >= 4 is 33.4 Å². The standard InChI is InChI=1S/C51H90O19P2/c1-3-5-7-8-9-10-11-12-13-14-15-16-17-18-19-20-21-22-28-32-45(56)68-39-36-66-44(55)31-27-24-23-26-30-40-42(53)35-43(54)41(34-33-38(52)29-25-6-4-2)47(58)50(69-71(61,62)63)51(49(60)48(59)46(40)57)70-72(64,65)67-37-39/h9-10,12-13,33-34,38-41,43,46-52,54,57-60H,3-8,11,14-32,35-37H2,1-2H3,(H,64,65)(H2,61,62,63)/b10-9-,13-12-,34-33+/t38-,39+,40-,41-,43+,46+,47+,48-,49+,50+,51-/m0/s1. The van der Waals surface area contributed by atoms with Crippen LogP contribution in [0.3, 0.4) is 0 Å². The second-order valence-corrected chi connectivity index (χ2v) is 22.0. The van der Waals surface area contributed by atoms with Crippen LogP contribution < -0.4 is 0 Å². The van der Waals surface area contributed by atoms with Gasteiger partial charge in [0.15, 0.2) is 6.10 Å². The molecule has 1 saturated carbocycles. The highest BCUT2D eigenvalue weighted by molar-refractivity contribution is 7.47. The zero-order valence-corrected chi connectivity index (χ0v) is 44.6. The van der Waals surface area contributed by atoms with E-state index >= 15 is 0 Å². The number of ether oxygens (including phenoxy) is 2. The van der Waals surface area contributed by atoms with Crippen molar-refractivity contribution in [1.82, 2.24) is 0 Å². The molecule has 0 aromatic rings. The van der Waals surface area contributed by atoms with E-state index in [1.807, 2.05) is 6.92 Å². The lowest BCUT2D eigenvalue weighted by Gasteiger charge is -2.38. The van der Waals surface area contributed by atoms with E-state index in [0.29, 0.717) is 32.1 Å². The van der Waals surface area contributed by atoms with Gasteiger partial charge in [-0.25, -0.2) is 9.13 Å². The first kappa shape index (κ1) is 65.9. The van der Waals surface area contributed by atoms with Crippen LogP contribution in [0.5, 0.6) is 0 Å². The van der Waals surface area contributed by atoms with Crippen LogP contribution in [0, 0.1) is 11.8 Å². The summed E-state index contributed by atoms with van der Waals surface area (Å²) in [5, 5.41) is 68.4. The molecule has 0 spiro atoms. The third-order valence-corrected chi connectivity index (χ3v) is 14.6. The lowest BCUT2D eigenvalue weighted by Crippen LogP contribution is -2.56. The fourth-order valence-electron chi connectivity index (χ4n) is 8.84. The molecule has 1 heterocycles. The van der Waals surface area contributed by atoms with Crippen LogP contribution in [0.2, 0.25) is 0 Å². The number of unbranched alkanes of at least 4 members (excludes halogenated alkanes) is 14. The number of phosphoric acid groups is 2. The second kappa shape index (κ2) is 37.5. The summed E-state index contributed by atoms with van der Waals surface area (Å²) in [6, 6.07) is 0.